The molecule has 156 valence electrons. The van der Waals surface area contributed by atoms with Crippen molar-refractivity contribution in [3.05, 3.63) is 64.0 Å². The third-order valence-electron chi connectivity index (χ3n) is 4.56. The number of unbranched alkanes of at least 4 members (excludes halogenated alkanes) is 2. The Labute approximate surface area is 196 Å². The number of rotatable bonds is 11. The zero-order valence-corrected chi connectivity index (χ0v) is 20.0. The van der Waals surface area contributed by atoms with Crippen LogP contribution < -0.4 is 9.47 Å². The highest BCUT2D eigenvalue weighted by atomic mass is 127. The van der Waals surface area contributed by atoms with Gasteiger partial charge in [0.1, 0.15) is 11.5 Å². The number of nitrogens with zero attached hydrogens (tertiary/aromatic N) is 2. The number of aromatic nitrogens is 1. The Morgan fingerprint density at radius 3 is 2.10 bits per heavy atom. The number of halogens is 1. The summed E-state index contributed by atoms with van der Waals surface area (Å²) < 4.78 is 12.7. The number of benzene rings is 2. The standard InChI is InChI=1S/C24H25IN2O2S/c1-18-27-24(23(30-18)13-14-25)20-7-11-22(12-8-20)29-16-4-2-3-15-28-21-9-5-19(17-26)6-10-21/h5-12H,2-4,13-16H2,1H3. The summed E-state index contributed by atoms with van der Waals surface area (Å²) in [6.07, 6.45) is 4.08. The molecule has 0 bridgehead atoms. The van der Waals surface area contributed by atoms with Gasteiger partial charge in [-0.05, 0) is 81.1 Å². The molecule has 1 heterocycles. The lowest BCUT2D eigenvalue weighted by molar-refractivity contribution is 0.279. The van der Waals surface area contributed by atoms with E-state index in [1.807, 2.05) is 24.3 Å². The van der Waals surface area contributed by atoms with E-state index in [4.69, 9.17) is 19.7 Å². The zero-order chi connectivity index (χ0) is 21.2. The Kier molecular flexibility index (Phi) is 8.97. The molecule has 0 aliphatic heterocycles. The van der Waals surface area contributed by atoms with Crippen LogP contribution in [0.5, 0.6) is 11.5 Å². The topological polar surface area (TPSA) is 55.1 Å². The van der Waals surface area contributed by atoms with Crippen LogP contribution in [0.15, 0.2) is 48.5 Å². The highest BCUT2D eigenvalue weighted by molar-refractivity contribution is 14.1. The van der Waals surface area contributed by atoms with Gasteiger partial charge in [0, 0.05) is 14.9 Å². The monoisotopic (exact) mass is 532 g/mol. The lowest BCUT2D eigenvalue weighted by Gasteiger charge is -2.08. The number of thiazole rings is 1. The van der Waals surface area contributed by atoms with Crippen LogP contribution in [0.25, 0.3) is 11.3 Å². The van der Waals surface area contributed by atoms with Gasteiger partial charge in [0.2, 0.25) is 0 Å². The van der Waals surface area contributed by atoms with Crippen molar-refractivity contribution in [2.24, 2.45) is 0 Å². The molecule has 1 aromatic heterocycles. The number of alkyl halides is 1. The highest BCUT2D eigenvalue weighted by Crippen LogP contribution is 2.30. The molecule has 3 aromatic rings. The molecule has 0 fully saturated rings. The van der Waals surface area contributed by atoms with Crippen molar-refractivity contribution in [1.82, 2.24) is 4.98 Å². The van der Waals surface area contributed by atoms with Crippen molar-refractivity contribution in [2.45, 2.75) is 32.6 Å². The largest absolute Gasteiger partial charge is 0.494 e. The van der Waals surface area contributed by atoms with Gasteiger partial charge in [-0.1, -0.05) is 22.6 Å². The van der Waals surface area contributed by atoms with E-state index in [0.29, 0.717) is 18.8 Å². The summed E-state index contributed by atoms with van der Waals surface area (Å²) in [6, 6.07) is 17.6. The Hall–Kier alpha value is -2.11. The first-order valence-corrected chi connectivity index (χ1v) is 12.4. The molecular formula is C24H25IN2O2S. The maximum atomic E-state index is 8.80. The van der Waals surface area contributed by atoms with Gasteiger partial charge >= 0.3 is 0 Å². The van der Waals surface area contributed by atoms with E-state index in [-0.39, 0.29) is 0 Å². The highest BCUT2D eigenvalue weighted by Gasteiger charge is 2.11. The van der Waals surface area contributed by atoms with Gasteiger partial charge in [0.25, 0.3) is 0 Å². The lowest BCUT2D eigenvalue weighted by atomic mass is 10.1. The van der Waals surface area contributed by atoms with Gasteiger partial charge in [-0.15, -0.1) is 11.3 Å². The number of nitriles is 1. The predicted octanol–water partition coefficient (Wildman–Crippen LogP) is 6.60. The molecule has 0 amide bonds. The van der Waals surface area contributed by atoms with Gasteiger partial charge < -0.3 is 9.47 Å². The van der Waals surface area contributed by atoms with E-state index < -0.39 is 0 Å². The van der Waals surface area contributed by atoms with Gasteiger partial charge in [-0.25, -0.2) is 4.98 Å². The molecule has 6 heteroatoms. The Bertz CT molecular complexity index is 962. The number of aryl methyl sites for hydroxylation is 2. The minimum Gasteiger partial charge on any atom is -0.494 e. The van der Waals surface area contributed by atoms with Crippen LogP contribution in [0.1, 0.15) is 34.7 Å². The van der Waals surface area contributed by atoms with Gasteiger partial charge in [0.05, 0.1) is 35.5 Å². The van der Waals surface area contributed by atoms with Crippen LogP contribution in [0.4, 0.5) is 0 Å². The smallest absolute Gasteiger partial charge is 0.119 e. The second-order valence-electron chi connectivity index (χ2n) is 6.86. The molecule has 0 radical (unpaired) electrons. The minimum absolute atomic E-state index is 0.648. The molecule has 30 heavy (non-hydrogen) atoms. The second-order valence-corrected chi connectivity index (χ2v) is 9.23. The van der Waals surface area contributed by atoms with E-state index in [1.54, 1.807) is 23.5 Å². The summed E-state index contributed by atoms with van der Waals surface area (Å²) in [5, 5.41) is 9.92. The Morgan fingerprint density at radius 1 is 0.933 bits per heavy atom. The Balaban J connectivity index is 1.36. The molecule has 0 saturated carbocycles. The molecule has 2 aromatic carbocycles. The SMILES string of the molecule is Cc1nc(-c2ccc(OCCCCCOc3ccc(C#N)cc3)cc2)c(CCI)s1. The van der Waals surface area contributed by atoms with Crippen molar-refractivity contribution in [1.29, 1.82) is 5.26 Å². The van der Waals surface area contributed by atoms with Crippen molar-refractivity contribution in [2.75, 3.05) is 17.6 Å². The number of hydrogen-bond acceptors (Lipinski definition) is 5. The summed E-state index contributed by atoms with van der Waals surface area (Å²) in [5.74, 6) is 1.71. The molecule has 0 aliphatic carbocycles. The summed E-state index contributed by atoms with van der Waals surface area (Å²) in [4.78, 5) is 6.07. The molecule has 0 atom stereocenters. The van der Waals surface area contributed by atoms with Crippen LogP contribution in [-0.2, 0) is 6.42 Å². The maximum Gasteiger partial charge on any atom is 0.119 e. The number of ether oxygens (including phenoxy) is 2. The van der Waals surface area contributed by atoms with E-state index >= 15 is 0 Å². The van der Waals surface area contributed by atoms with Crippen molar-refractivity contribution in [3.8, 4) is 28.8 Å². The fraction of sp³-hybridized carbons (Fsp3) is 0.333. The first-order valence-electron chi connectivity index (χ1n) is 10.1. The lowest BCUT2D eigenvalue weighted by Crippen LogP contribution is -2.01. The zero-order valence-electron chi connectivity index (χ0n) is 17.1. The Morgan fingerprint density at radius 2 is 1.53 bits per heavy atom. The van der Waals surface area contributed by atoms with E-state index in [2.05, 4.69) is 47.7 Å². The molecule has 0 N–H and O–H groups in total. The molecular weight excluding hydrogens is 507 g/mol. The van der Waals surface area contributed by atoms with Crippen molar-refractivity contribution in [3.63, 3.8) is 0 Å². The molecule has 0 aliphatic rings. The summed E-state index contributed by atoms with van der Waals surface area (Å²) in [7, 11) is 0. The first-order chi connectivity index (χ1) is 14.7. The van der Waals surface area contributed by atoms with Crippen LogP contribution in [0.3, 0.4) is 0 Å². The van der Waals surface area contributed by atoms with Crippen LogP contribution >= 0.6 is 33.9 Å². The van der Waals surface area contributed by atoms with E-state index in [9.17, 15) is 0 Å². The fourth-order valence-electron chi connectivity index (χ4n) is 3.05. The molecule has 0 spiro atoms. The quantitative estimate of drug-likeness (QED) is 0.159. The first kappa shape index (κ1) is 22.6. The van der Waals surface area contributed by atoms with Crippen molar-refractivity contribution >= 4 is 33.9 Å². The second kappa shape index (κ2) is 11.9. The maximum absolute atomic E-state index is 8.80. The molecule has 3 rings (SSSR count). The van der Waals surface area contributed by atoms with E-state index in [0.717, 1.165) is 57.9 Å². The predicted molar refractivity (Wildman–Crippen MR) is 131 cm³/mol. The summed E-state index contributed by atoms with van der Waals surface area (Å²) in [5.41, 5.74) is 2.92. The number of hydrogen-bond donors (Lipinski definition) is 0. The van der Waals surface area contributed by atoms with Crippen LogP contribution in [-0.4, -0.2) is 22.6 Å². The third-order valence-corrected chi connectivity index (χ3v) is 6.13. The summed E-state index contributed by atoms with van der Waals surface area (Å²) >= 11 is 4.21. The third kappa shape index (κ3) is 6.71. The molecule has 0 unspecified atom stereocenters. The summed E-state index contributed by atoms with van der Waals surface area (Å²) in [6.45, 7) is 3.44. The molecule has 0 saturated heterocycles. The normalized spacial score (nSPS) is 10.6. The fourth-order valence-corrected chi connectivity index (χ4v) is 4.91. The molecule has 4 nitrogen and oxygen atoms in total. The minimum atomic E-state index is 0.648. The van der Waals surface area contributed by atoms with Crippen molar-refractivity contribution < 1.29 is 9.47 Å². The average molecular weight is 532 g/mol. The van der Waals surface area contributed by atoms with E-state index in [1.165, 1.54) is 4.88 Å². The van der Waals surface area contributed by atoms with Gasteiger partial charge in [-0.3, -0.25) is 0 Å². The van der Waals surface area contributed by atoms with Crippen LogP contribution in [0.2, 0.25) is 0 Å². The van der Waals surface area contributed by atoms with Crippen LogP contribution in [0, 0.1) is 18.3 Å². The van der Waals surface area contributed by atoms with Gasteiger partial charge in [-0.2, -0.15) is 5.26 Å². The average Bonchev–Trinajstić information content (AvgIpc) is 3.14. The van der Waals surface area contributed by atoms with Gasteiger partial charge in [0.15, 0.2) is 0 Å².